The molecule has 88 valence electrons. The van der Waals surface area contributed by atoms with E-state index in [-0.39, 0.29) is 5.41 Å². The molecule has 0 spiro atoms. The van der Waals surface area contributed by atoms with Gasteiger partial charge >= 0.3 is 0 Å². The van der Waals surface area contributed by atoms with Gasteiger partial charge in [0.05, 0.1) is 12.7 Å². The maximum atomic E-state index is 9.56. The molecule has 1 N–H and O–H groups in total. The molecule has 2 aliphatic rings. The van der Waals surface area contributed by atoms with E-state index in [1.54, 1.807) is 0 Å². The summed E-state index contributed by atoms with van der Waals surface area (Å²) in [6.07, 6.45) is 5.35. The minimum absolute atomic E-state index is 0.205. The van der Waals surface area contributed by atoms with Crippen LogP contribution in [0.4, 0.5) is 0 Å². The summed E-state index contributed by atoms with van der Waals surface area (Å²) >= 11 is 0. The predicted octanol–water partition coefficient (Wildman–Crippen LogP) is 1.26. The topological polar surface area (TPSA) is 32.7 Å². The molecular formula is C12H23NO2. The maximum Gasteiger partial charge on any atom is 0.0674 e. The molecule has 3 heteroatoms. The maximum absolute atomic E-state index is 9.56. The van der Waals surface area contributed by atoms with E-state index in [2.05, 4.69) is 11.8 Å². The normalized spacial score (nSPS) is 32.0. The number of morpholine rings is 1. The zero-order chi connectivity index (χ0) is 10.7. The molecule has 0 aromatic heterocycles. The third-order valence-corrected chi connectivity index (χ3v) is 3.88. The fraction of sp³-hybridized carbons (Fsp3) is 1.00. The first-order valence-electron chi connectivity index (χ1n) is 6.19. The molecule has 0 aromatic rings. The number of aliphatic hydroxyl groups excluding tert-OH is 1. The Balaban J connectivity index is 1.88. The standard InChI is InChI=1S/C12H23NO2/c1-11-8-13(6-7-15-11)9-12(10-14)4-2-3-5-12/h11,14H,2-10H2,1H3. The molecule has 0 radical (unpaired) electrons. The van der Waals surface area contributed by atoms with E-state index in [9.17, 15) is 5.11 Å². The average Bonchev–Trinajstić information content (AvgIpc) is 2.67. The van der Waals surface area contributed by atoms with Crippen molar-refractivity contribution in [3.05, 3.63) is 0 Å². The van der Waals surface area contributed by atoms with Gasteiger partial charge in [0, 0.05) is 31.7 Å². The van der Waals surface area contributed by atoms with Gasteiger partial charge in [-0.2, -0.15) is 0 Å². The highest BCUT2D eigenvalue weighted by Gasteiger charge is 2.35. The number of rotatable bonds is 3. The zero-order valence-corrected chi connectivity index (χ0v) is 9.74. The van der Waals surface area contributed by atoms with E-state index < -0.39 is 0 Å². The van der Waals surface area contributed by atoms with Crippen molar-refractivity contribution in [2.75, 3.05) is 32.8 Å². The van der Waals surface area contributed by atoms with E-state index in [1.807, 2.05) is 0 Å². The van der Waals surface area contributed by atoms with Gasteiger partial charge < -0.3 is 9.84 Å². The third-order valence-electron chi connectivity index (χ3n) is 3.88. The van der Waals surface area contributed by atoms with Gasteiger partial charge in [-0.25, -0.2) is 0 Å². The van der Waals surface area contributed by atoms with E-state index in [0.717, 1.165) is 26.2 Å². The lowest BCUT2D eigenvalue weighted by molar-refractivity contribution is -0.0386. The third kappa shape index (κ3) is 2.71. The van der Waals surface area contributed by atoms with Crippen LogP contribution in [-0.4, -0.2) is 49.0 Å². The molecule has 3 nitrogen and oxygen atoms in total. The van der Waals surface area contributed by atoms with Gasteiger partial charge in [-0.3, -0.25) is 4.90 Å². The molecule has 0 amide bonds. The van der Waals surface area contributed by atoms with Gasteiger partial charge in [-0.05, 0) is 19.8 Å². The van der Waals surface area contributed by atoms with Crippen molar-refractivity contribution in [3.8, 4) is 0 Å². The van der Waals surface area contributed by atoms with Gasteiger partial charge in [-0.15, -0.1) is 0 Å². The van der Waals surface area contributed by atoms with E-state index in [4.69, 9.17) is 4.74 Å². The SMILES string of the molecule is CC1CN(CC2(CO)CCCC2)CCO1. The van der Waals surface area contributed by atoms with Gasteiger partial charge in [0.25, 0.3) is 0 Å². The van der Waals surface area contributed by atoms with Gasteiger partial charge in [0.15, 0.2) is 0 Å². The highest BCUT2D eigenvalue weighted by molar-refractivity contribution is 4.88. The number of aliphatic hydroxyl groups is 1. The Morgan fingerprint density at radius 1 is 1.40 bits per heavy atom. The van der Waals surface area contributed by atoms with Crippen LogP contribution in [0.5, 0.6) is 0 Å². The van der Waals surface area contributed by atoms with Crippen molar-refractivity contribution < 1.29 is 9.84 Å². The quantitative estimate of drug-likeness (QED) is 0.766. The van der Waals surface area contributed by atoms with E-state index >= 15 is 0 Å². The Morgan fingerprint density at radius 3 is 2.73 bits per heavy atom. The van der Waals surface area contributed by atoms with Gasteiger partial charge in [0.2, 0.25) is 0 Å². The summed E-state index contributed by atoms with van der Waals surface area (Å²) in [6, 6.07) is 0. The Kier molecular flexibility index (Phi) is 3.65. The minimum Gasteiger partial charge on any atom is -0.396 e. The number of hydrogen-bond acceptors (Lipinski definition) is 3. The molecule has 2 fully saturated rings. The first kappa shape index (κ1) is 11.4. The van der Waals surface area contributed by atoms with Crippen molar-refractivity contribution >= 4 is 0 Å². The molecular weight excluding hydrogens is 190 g/mol. The van der Waals surface area contributed by atoms with Crippen LogP contribution in [0.3, 0.4) is 0 Å². The van der Waals surface area contributed by atoms with Crippen LogP contribution < -0.4 is 0 Å². The second-order valence-electron chi connectivity index (χ2n) is 5.28. The number of ether oxygens (including phenoxy) is 1. The van der Waals surface area contributed by atoms with Crippen molar-refractivity contribution in [1.29, 1.82) is 0 Å². The van der Waals surface area contributed by atoms with Crippen molar-refractivity contribution in [3.63, 3.8) is 0 Å². The largest absolute Gasteiger partial charge is 0.396 e. The lowest BCUT2D eigenvalue weighted by Crippen LogP contribution is -2.47. The fourth-order valence-corrected chi connectivity index (χ4v) is 3.00. The van der Waals surface area contributed by atoms with Crippen molar-refractivity contribution in [2.45, 2.75) is 38.7 Å². The summed E-state index contributed by atoms with van der Waals surface area (Å²) in [5, 5.41) is 9.56. The first-order valence-corrected chi connectivity index (χ1v) is 6.19. The molecule has 1 unspecified atom stereocenters. The molecule has 0 bridgehead atoms. The number of hydrogen-bond donors (Lipinski definition) is 1. The lowest BCUT2D eigenvalue weighted by Gasteiger charge is -2.38. The summed E-state index contributed by atoms with van der Waals surface area (Å²) < 4.78 is 5.53. The molecule has 1 saturated carbocycles. The van der Waals surface area contributed by atoms with Crippen LogP contribution in [0, 0.1) is 5.41 Å². The average molecular weight is 213 g/mol. The Hall–Kier alpha value is -0.120. The summed E-state index contributed by atoms with van der Waals surface area (Å²) in [6.45, 7) is 6.47. The monoisotopic (exact) mass is 213 g/mol. The Bertz CT molecular complexity index is 202. The molecule has 1 saturated heterocycles. The van der Waals surface area contributed by atoms with Crippen LogP contribution >= 0.6 is 0 Å². The Labute approximate surface area is 92.4 Å². The molecule has 2 rings (SSSR count). The summed E-state index contributed by atoms with van der Waals surface area (Å²) in [4.78, 5) is 2.47. The summed E-state index contributed by atoms with van der Waals surface area (Å²) in [5.41, 5.74) is 0.205. The van der Waals surface area contributed by atoms with Crippen molar-refractivity contribution in [2.24, 2.45) is 5.41 Å². The molecule has 1 aliphatic heterocycles. The molecule has 1 aliphatic carbocycles. The van der Waals surface area contributed by atoms with Gasteiger partial charge in [-0.1, -0.05) is 12.8 Å². The van der Waals surface area contributed by atoms with Crippen LogP contribution in [0.2, 0.25) is 0 Å². The van der Waals surface area contributed by atoms with Crippen LogP contribution in [0.25, 0.3) is 0 Å². The van der Waals surface area contributed by atoms with Crippen LogP contribution in [0.15, 0.2) is 0 Å². The van der Waals surface area contributed by atoms with E-state index in [0.29, 0.717) is 12.7 Å². The molecule has 0 aromatic carbocycles. The zero-order valence-electron chi connectivity index (χ0n) is 9.74. The van der Waals surface area contributed by atoms with Crippen LogP contribution in [-0.2, 0) is 4.74 Å². The van der Waals surface area contributed by atoms with E-state index in [1.165, 1.54) is 25.7 Å². The molecule has 1 atom stereocenters. The van der Waals surface area contributed by atoms with Crippen LogP contribution in [0.1, 0.15) is 32.6 Å². The molecule has 1 heterocycles. The fourth-order valence-electron chi connectivity index (χ4n) is 3.00. The van der Waals surface area contributed by atoms with Gasteiger partial charge in [0.1, 0.15) is 0 Å². The number of nitrogens with zero attached hydrogens (tertiary/aromatic N) is 1. The first-order chi connectivity index (χ1) is 7.24. The summed E-state index contributed by atoms with van der Waals surface area (Å²) in [5.74, 6) is 0. The van der Waals surface area contributed by atoms with Crippen molar-refractivity contribution in [1.82, 2.24) is 4.90 Å². The minimum atomic E-state index is 0.205. The Morgan fingerprint density at radius 2 is 2.13 bits per heavy atom. The highest BCUT2D eigenvalue weighted by Crippen LogP contribution is 2.38. The second kappa shape index (κ2) is 4.81. The smallest absolute Gasteiger partial charge is 0.0674 e. The predicted molar refractivity (Wildman–Crippen MR) is 59.8 cm³/mol. The lowest BCUT2D eigenvalue weighted by atomic mass is 9.86. The highest BCUT2D eigenvalue weighted by atomic mass is 16.5. The second-order valence-corrected chi connectivity index (χ2v) is 5.28. The summed E-state index contributed by atoms with van der Waals surface area (Å²) in [7, 11) is 0. The molecule has 15 heavy (non-hydrogen) atoms.